The number of nitrogens with one attached hydrogen (secondary N) is 1. The van der Waals surface area contributed by atoms with Gasteiger partial charge >= 0.3 is 0 Å². The van der Waals surface area contributed by atoms with Crippen LogP contribution < -0.4 is 14.8 Å². The highest BCUT2D eigenvalue weighted by Gasteiger charge is 2.20. The van der Waals surface area contributed by atoms with Gasteiger partial charge in [-0.3, -0.25) is 0 Å². The second kappa shape index (κ2) is 6.41. The van der Waals surface area contributed by atoms with E-state index in [0.29, 0.717) is 0 Å². The van der Waals surface area contributed by atoms with E-state index < -0.39 is 0 Å². The van der Waals surface area contributed by atoms with Crippen LogP contribution in [0.4, 0.5) is 0 Å². The fourth-order valence-corrected chi connectivity index (χ4v) is 3.72. The summed E-state index contributed by atoms with van der Waals surface area (Å²) in [5, 5.41) is 5.40. The number of benzene rings is 1. The summed E-state index contributed by atoms with van der Waals surface area (Å²) < 4.78 is 11.8. The van der Waals surface area contributed by atoms with Gasteiger partial charge < -0.3 is 14.8 Å². The Labute approximate surface area is 125 Å². The quantitative estimate of drug-likeness (QED) is 0.896. The molecule has 1 aromatic heterocycles. The van der Waals surface area contributed by atoms with E-state index in [0.717, 1.165) is 21.5 Å². The number of rotatable bonds is 5. The van der Waals surface area contributed by atoms with Crippen molar-refractivity contribution < 1.29 is 9.47 Å². The van der Waals surface area contributed by atoms with Crippen LogP contribution in [0.25, 0.3) is 0 Å². The van der Waals surface area contributed by atoms with Crippen LogP contribution in [0.3, 0.4) is 0 Å². The van der Waals surface area contributed by atoms with E-state index >= 15 is 0 Å². The summed E-state index contributed by atoms with van der Waals surface area (Å²) in [6.45, 7) is 0. The molecule has 2 rings (SSSR count). The molecule has 0 fully saturated rings. The first kappa shape index (κ1) is 14.4. The molecule has 19 heavy (non-hydrogen) atoms. The van der Waals surface area contributed by atoms with Gasteiger partial charge in [-0.25, -0.2) is 0 Å². The van der Waals surface area contributed by atoms with Gasteiger partial charge in [-0.15, -0.1) is 11.3 Å². The van der Waals surface area contributed by atoms with Crippen molar-refractivity contribution in [3.63, 3.8) is 0 Å². The number of thiophene rings is 1. The van der Waals surface area contributed by atoms with Gasteiger partial charge in [0.25, 0.3) is 0 Å². The monoisotopic (exact) mass is 341 g/mol. The molecule has 5 heteroatoms. The fourth-order valence-electron chi connectivity index (χ4n) is 2.00. The van der Waals surface area contributed by atoms with Gasteiger partial charge in [-0.2, -0.15) is 0 Å². The molecule has 0 aliphatic rings. The molecule has 2 aromatic rings. The number of halogens is 1. The maximum atomic E-state index is 5.48. The first-order chi connectivity index (χ1) is 9.21. The minimum Gasteiger partial charge on any atom is -0.497 e. The molecule has 0 saturated carbocycles. The SMILES string of the molecule is CNC(c1ccc(OC)cc1OC)c1sccc1Br. The number of ether oxygens (including phenoxy) is 2. The molecule has 102 valence electrons. The van der Waals surface area contributed by atoms with Crippen molar-refractivity contribution in [2.75, 3.05) is 21.3 Å². The van der Waals surface area contributed by atoms with Gasteiger partial charge in [-0.1, -0.05) is 0 Å². The highest BCUT2D eigenvalue weighted by Crippen LogP contribution is 2.38. The normalized spacial score (nSPS) is 12.2. The topological polar surface area (TPSA) is 30.5 Å². The Hall–Kier alpha value is -1.04. The van der Waals surface area contributed by atoms with Crippen molar-refractivity contribution in [3.8, 4) is 11.5 Å². The van der Waals surface area contributed by atoms with Crippen molar-refractivity contribution in [1.29, 1.82) is 0 Å². The Morgan fingerprint density at radius 2 is 2.00 bits per heavy atom. The lowest BCUT2D eigenvalue weighted by molar-refractivity contribution is 0.388. The zero-order valence-corrected chi connectivity index (χ0v) is 13.5. The second-order valence-corrected chi connectivity index (χ2v) is 5.76. The summed E-state index contributed by atoms with van der Waals surface area (Å²) in [4.78, 5) is 1.23. The summed E-state index contributed by atoms with van der Waals surface area (Å²) >= 11 is 5.29. The molecule has 1 N–H and O–H groups in total. The van der Waals surface area contributed by atoms with Gasteiger partial charge in [0, 0.05) is 21.0 Å². The summed E-state index contributed by atoms with van der Waals surface area (Å²) in [5.74, 6) is 1.61. The highest BCUT2D eigenvalue weighted by molar-refractivity contribution is 9.10. The number of methoxy groups -OCH3 is 2. The lowest BCUT2D eigenvalue weighted by Gasteiger charge is -2.19. The maximum absolute atomic E-state index is 5.48. The molecular formula is C14H16BrNO2S. The number of hydrogen-bond donors (Lipinski definition) is 1. The van der Waals surface area contributed by atoms with E-state index in [9.17, 15) is 0 Å². The first-order valence-corrected chi connectivity index (χ1v) is 7.50. The summed E-state index contributed by atoms with van der Waals surface area (Å²) in [7, 11) is 5.27. The third-order valence-electron chi connectivity index (χ3n) is 2.95. The van der Waals surface area contributed by atoms with Crippen LogP contribution in [0.5, 0.6) is 11.5 Å². The largest absolute Gasteiger partial charge is 0.497 e. The molecule has 0 spiro atoms. The molecule has 1 unspecified atom stereocenters. The third kappa shape index (κ3) is 2.94. The van der Waals surface area contributed by atoms with E-state index in [4.69, 9.17) is 9.47 Å². The van der Waals surface area contributed by atoms with E-state index in [1.165, 1.54) is 4.88 Å². The zero-order valence-electron chi connectivity index (χ0n) is 11.1. The summed E-state index contributed by atoms with van der Waals surface area (Å²) in [6.07, 6.45) is 0. The second-order valence-electron chi connectivity index (χ2n) is 3.96. The Morgan fingerprint density at radius 3 is 2.53 bits per heavy atom. The van der Waals surface area contributed by atoms with Crippen LogP contribution in [0.15, 0.2) is 34.1 Å². The minimum absolute atomic E-state index is 0.0928. The Morgan fingerprint density at radius 1 is 1.21 bits per heavy atom. The molecular weight excluding hydrogens is 326 g/mol. The Kier molecular flexibility index (Phi) is 4.85. The van der Waals surface area contributed by atoms with Gasteiger partial charge in [0.05, 0.1) is 20.3 Å². The summed E-state index contributed by atoms with van der Waals surface area (Å²) in [6, 6.07) is 8.03. The molecule has 0 amide bonds. The first-order valence-electron chi connectivity index (χ1n) is 5.83. The zero-order chi connectivity index (χ0) is 13.8. The van der Waals surface area contributed by atoms with E-state index in [1.807, 2.05) is 25.2 Å². The van der Waals surface area contributed by atoms with Crippen LogP contribution in [-0.4, -0.2) is 21.3 Å². The average molecular weight is 342 g/mol. The summed E-state index contributed by atoms with van der Waals surface area (Å²) in [5.41, 5.74) is 1.09. The molecule has 0 saturated heterocycles. The molecule has 3 nitrogen and oxygen atoms in total. The van der Waals surface area contributed by atoms with Crippen LogP contribution in [0.1, 0.15) is 16.5 Å². The average Bonchev–Trinajstić information content (AvgIpc) is 2.86. The number of hydrogen-bond acceptors (Lipinski definition) is 4. The van der Waals surface area contributed by atoms with Crippen LogP contribution in [0.2, 0.25) is 0 Å². The maximum Gasteiger partial charge on any atom is 0.127 e. The van der Waals surface area contributed by atoms with Crippen molar-refractivity contribution in [1.82, 2.24) is 5.32 Å². The van der Waals surface area contributed by atoms with Gasteiger partial charge in [0.15, 0.2) is 0 Å². The van der Waals surface area contributed by atoms with Crippen LogP contribution >= 0.6 is 27.3 Å². The lowest BCUT2D eigenvalue weighted by Crippen LogP contribution is -2.17. The van der Waals surface area contributed by atoms with Gasteiger partial charge in [0.2, 0.25) is 0 Å². The van der Waals surface area contributed by atoms with E-state index in [1.54, 1.807) is 25.6 Å². The van der Waals surface area contributed by atoms with Crippen molar-refractivity contribution in [2.45, 2.75) is 6.04 Å². The standard InChI is InChI=1S/C14H16BrNO2S/c1-16-13(14-11(15)6-7-19-14)10-5-4-9(17-2)8-12(10)18-3/h4-8,13,16H,1-3H3. The third-order valence-corrected chi connectivity index (χ3v) is 4.88. The van der Waals surface area contributed by atoms with Crippen LogP contribution in [0, 0.1) is 0 Å². The predicted molar refractivity (Wildman–Crippen MR) is 82.5 cm³/mol. The predicted octanol–water partition coefficient (Wildman–Crippen LogP) is 3.84. The molecule has 0 bridgehead atoms. The fraction of sp³-hybridized carbons (Fsp3) is 0.286. The smallest absolute Gasteiger partial charge is 0.127 e. The molecule has 1 atom stereocenters. The highest BCUT2D eigenvalue weighted by atomic mass is 79.9. The molecule has 0 radical (unpaired) electrons. The van der Waals surface area contributed by atoms with E-state index in [-0.39, 0.29) is 6.04 Å². The van der Waals surface area contributed by atoms with Crippen molar-refractivity contribution >= 4 is 27.3 Å². The lowest BCUT2D eigenvalue weighted by atomic mass is 10.0. The van der Waals surface area contributed by atoms with Crippen molar-refractivity contribution in [3.05, 3.63) is 44.6 Å². The van der Waals surface area contributed by atoms with Crippen molar-refractivity contribution in [2.24, 2.45) is 0 Å². The van der Waals surface area contributed by atoms with Crippen LogP contribution in [-0.2, 0) is 0 Å². The molecule has 0 aliphatic heterocycles. The molecule has 1 heterocycles. The molecule has 1 aromatic carbocycles. The van der Waals surface area contributed by atoms with Gasteiger partial charge in [-0.05, 0) is 46.6 Å². The Bertz CT molecular complexity index is 556. The Balaban J connectivity index is 2.46. The molecule has 0 aliphatic carbocycles. The van der Waals surface area contributed by atoms with E-state index in [2.05, 4.69) is 32.7 Å². The minimum atomic E-state index is 0.0928. The van der Waals surface area contributed by atoms with Gasteiger partial charge in [0.1, 0.15) is 11.5 Å².